The van der Waals surface area contributed by atoms with Crippen LogP contribution in [-0.2, 0) is 21.2 Å². The molecule has 2 aliphatic heterocycles. The molecule has 2 saturated heterocycles. The first-order valence-electron chi connectivity index (χ1n) is 11.1. The summed E-state index contributed by atoms with van der Waals surface area (Å²) in [5.41, 5.74) is 1.06. The van der Waals surface area contributed by atoms with Gasteiger partial charge in [0, 0.05) is 18.4 Å². The summed E-state index contributed by atoms with van der Waals surface area (Å²) in [5.74, 6) is 0.107. The maximum Gasteiger partial charge on any atom is 0.416 e. The molecule has 2 aromatic carbocycles. The van der Waals surface area contributed by atoms with Crippen LogP contribution in [0.25, 0.3) is 0 Å². The van der Waals surface area contributed by atoms with Gasteiger partial charge in [-0.05, 0) is 44.4 Å². The lowest BCUT2D eigenvalue weighted by molar-refractivity contribution is -0.754. The van der Waals surface area contributed by atoms with Crippen molar-refractivity contribution in [2.45, 2.75) is 62.9 Å². The van der Waals surface area contributed by atoms with Gasteiger partial charge in [0.05, 0.1) is 23.8 Å². The van der Waals surface area contributed by atoms with E-state index in [1.165, 1.54) is 6.07 Å². The molecule has 7 heteroatoms. The van der Waals surface area contributed by atoms with E-state index in [0.29, 0.717) is 24.2 Å². The smallest absolute Gasteiger partial charge is 0.367 e. The molecule has 0 aliphatic carbocycles. The Labute approximate surface area is 186 Å². The number of alkyl halides is 3. The van der Waals surface area contributed by atoms with Crippen molar-refractivity contribution in [3.05, 3.63) is 70.8 Å². The van der Waals surface area contributed by atoms with Gasteiger partial charge in [0.25, 0.3) is 0 Å². The molecule has 2 fully saturated rings. The highest BCUT2D eigenvalue weighted by Crippen LogP contribution is 2.36. The largest absolute Gasteiger partial charge is 0.416 e. The average molecular weight is 448 g/mol. The van der Waals surface area contributed by atoms with E-state index in [1.807, 2.05) is 18.2 Å². The lowest BCUT2D eigenvalue weighted by Gasteiger charge is -2.43. The molecule has 172 valence electrons. The Morgan fingerprint density at radius 3 is 2.47 bits per heavy atom. The maximum atomic E-state index is 13.3. The number of piperidine rings is 1. The first kappa shape index (κ1) is 22.8. The summed E-state index contributed by atoms with van der Waals surface area (Å²) in [6.07, 6.45) is -1.80. The van der Waals surface area contributed by atoms with Gasteiger partial charge in [-0.3, -0.25) is 4.79 Å². The standard InChI is InChI=1S/C25H29F3N2O2/c1-17-12-19(14-21(13-17)25(26,27)28)18(2)32-16-24(20-6-4-3-5-7-20)11-10-23(15-29-24)9-8-22(31)30-23/h3-7,12-14,18,29H,8-11,15-16H2,1-2H3,(H,30,31)/p+1/t18-,23-,24-/m1/s1. The number of amides is 1. The zero-order valence-corrected chi connectivity index (χ0v) is 18.5. The van der Waals surface area contributed by atoms with Crippen molar-refractivity contribution in [1.82, 2.24) is 5.32 Å². The van der Waals surface area contributed by atoms with Crippen LogP contribution >= 0.6 is 0 Å². The van der Waals surface area contributed by atoms with Gasteiger partial charge in [-0.2, -0.15) is 13.2 Å². The molecular weight excluding hydrogens is 417 g/mol. The van der Waals surface area contributed by atoms with Crippen molar-refractivity contribution >= 4 is 5.91 Å². The lowest BCUT2D eigenvalue weighted by atomic mass is 9.76. The number of carbonyl (C=O) groups is 1. The molecule has 0 radical (unpaired) electrons. The predicted molar refractivity (Wildman–Crippen MR) is 115 cm³/mol. The summed E-state index contributed by atoms with van der Waals surface area (Å²) in [5, 5.41) is 5.41. The monoisotopic (exact) mass is 447 g/mol. The molecule has 3 N–H and O–H groups in total. The number of aryl methyl sites for hydroxylation is 1. The number of carbonyl (C=O) groups excluding carboxylic acids is 1. The Hall–Kier alpha value is -2.38. The predicted octanol–water partition coefficient (Wildman–Crippen LogP) is 3.99. The first-order valence-corrected chi connectivity index (χ1v) is 11.1. The molecule has 2 aliphatic rings. The normalized spacial score (nSPS) is 26.8. The number of rotatable bonds is 5. The van der Waals surface area contributed by atoms with Gasteiger partial charge in [-0.1, -0.05) is 42.0 Å². The highest BCUT2D eigenvalue weighted by molar-refractivity contribution is 5.79. The van der Waals surface area contributed by atoms with Gasteiger partial charge in [0.1, 0.15) is 12.1 Å². The van der Waals surface area contributed by atoms with E-state index in [1.54, 1.807) is 19.9 Å². The van der Waals surface area contributed by atoms with Gasteiger partial charge in [-0.25, -0.2) is 0 Å². The molecule has 0 aromatic heterocycles. The fourth-order valence-corrected chi connectivity index (χ4v) is 5.00. The third-order valence-corrected chi connectivity index (χ3v) is 7.00. The van der Waals surface area contributed by atoms with Gasteiger partial charge >= 0.3 is 6.18 Å². The van der Waals surface area contributed by atoms with E-state index >= 15 is 0 Å². The lowest BCUT2D eigenvalue weighted by Crippen LogP contribution is -3.01. The van der Waals surface area contributed by atoms with Gasteiger partial charge in [0.2, 0.25) is 5.91 Å². The second kappa shape index (κ2) is 8.52. The van der Waals surface area contributed by atoms with Gasteiger partial charge < -0.3 is 15.4 Å². The summed E-state index contributed by atoms with van der Waals surface area (Å²) < 4.78 is 46.0. The molecule has 1 amide bonds. The molecule has 1 spiro atoms. The van der Waals surface area contributed by atoms with Crippen LogP contribution in [0.2, 0.25) is 0 Å². The SMILES string of the molecule is Cc1cc([C@@H](C)OC[C@@]2(c3ccccc3)CC[C@]3(CCC(=O)N3)C[NH2+]2)cc(C(F)(F)F)c1. The van der Waals surface area contributed by atoms with Crippen LogP contribution < -0.4 is 10.6 Å². The number of hydrogen-bond donors (Lipinski definition) is 2. The minimum absolute atomic E-state index is 0.107. The Kier molecular flexibility index (Phi) is 6.07. The number of halogens is 3. The average Bonchev–Trinajstić information content (AvgIpc) is 3.13. The zero-order valence-electron chi connectivity index (χ0n) is 18.5. The summed E-state index contributed by atoms with van der Waals surface area (Å²) in [4.78, 5) is 11.8. The molecule has 2 aromatic rings. The summed E-state index contributed by atoms with van der Waals surface area (Å²) >= 11 is 0. The molecule has 4 rings (SSSR count). The van der Waals surface area contributed by atoms with Crippen molar-refractivity contribution in [2.75, 3.05) is 13.2 Å². The van der Waals surface area contributed by atoms with Gasteiger partial charge in [0.15, 0.2) is 0 Å². The van der Waals surface area contributed by atoms with Crippen molar-refractivity contribution < 1.29 is 28.0 Å². The number of benzene rings is 2. The van der Waals surface area contributed by atoms with Crippen molar-refractivity contribution in [2.24, 2.45) is 0 Å². The number of nitrogens with two attached hydrogens (primary N) is 1. The Balaban J connectivity index is 1.53. The van der Waals surface area contributed by atoms with E-state index in [9.17, 15) is 18.0 Å². The first-order chi connectivity index (χ1) is 15.1. The van der Waals surface area contributed by atoms with Crippen LogP contribution in [0.5, 0.6) is 0 Å². The highest BCUT2D eigenvalue weighted by Gasteiger charge is 2.50. The van der Waals surface area contributed by atoms with Crippen LogP contribution in [0.15, 0.2) is 48.5 Å². The fraction of sp³-hybridized carbons (Fsp3) is 0.480. The zero-order chi connectivity index (χ0) is 23.0. The number of hydrogen-bond acceptors (Lipinski definition) is 2. The van der Waals surface area contributed by atoms with E-state index in [2.05, 4.69) is 22.8 Å². The highest BCUT2D eigenvalue weighted by atomic mass is 19.4. The van der Waals surface area contributed by atoms with Crippen molar-refractivity contribution in [3.63, 3.8) is 0 Å². The third kappa shape index (κ3) is 4.69. The molecule has 0 unspecified atom stereocenters. The third-order valence-electron chi connectivity index (χ3n) is 7.00. The molecule has 0 bridgehead atoms. The molecule has 32 heavy (non-hydrogen) atoms. The molecule has 3 atom stereocenters. The summed E-state index contributed by atoms with van der Waals surface area (Å²) in [7, 11) is 0. The Morgan fingerprint density at radius 2 is 1.88 bits per heavy atom. The van der Waals surface area contributed by atoms with E-state index in [0.717, 1.165) is 37.4 Å². The van der Waals surface area contributed by atoms with Crippen molar-refractivity contribution in [1.29, 1.82) is 0 Å². The van der Waals surface area contributed by atoms with E-state index < -0.39 is 17.8 Å². The van der Waals surface area contributed by atoms with Crippen LogP contribution in [0.3, 0.4) is 0 Å². The van der Waals surface area contributed by atoms with Gasteiger partial charge in [-0.15, -0.1) is 0 Å². The number of nitrogens with one attached hydrogen (secondary N) is 1. The Morgan fingerprint density at radius 1 is 1.12 bits per heavy atom. The van der Waals surface area contributed by atoms with Crippen molar-refractivity contribution in [3.8, 4) is 0 Å². The topological polar surface area (TPSA) is 54.9 Å². The molecular formula is C25H30F3N2O2+. The van der Waals surface area contributed by atoms with E-state index in [-0.39, 0.29) is 17.0 Å². The molecule has 2 heterocycles. The van der Waals surface area contributed by atoms with Crippen LogP contribution in [0.4, 0.5) is 13.2 Å². The minimum atomic E-state index is -4.39. The van der Waals surface area contributed by atoms with Crippen LogP contribution in [0.1, 0.15) is 61.0 Å². The maximum absolute atomic E-state index is 13.3. The second-order valence-corrected chi connectivity index (χ2v) is 9.34. The number of quaternary nitrogens is 1. The van der Waals surface area contributed by atoms with E-state index in [4.69, 9.17) is 4.74 Å². The minimum Gasteiger partial charge on any atom is -0.367 e. The molecule has 4 nitrogen and oxygen atoms in total. The number of ether oxygens (including phenoxy) is 1. The van der Waals surface area contributed by atoms with Crippen LogP contribution in [-0.4, -0.2) is 24.6 Å². The summed E-state index contributed by atoms with van der Waals surface area (Å²) in [6.45, 7) is 4.60. The van der Waals surface area contributed by atoms with Crippen LogP contribution in [0, 0.1) is 6.92 Å². The quantitative estimate of drug-likeness (QED) is 0.728. The second-order valence-electron chi connectivity index (χ2n) is 9.34. The summed E-state index contributed by atoms with van der Waals surface area (Å²) in [6, 6.07) is 14.2. The molecule has 0 saturated carbocycles. The fourth-order valence-electron chi connectivity index (χ4n) is 5.00. The Bertz CT molecular complexity index is 967.